The van der Waals surface area contributed by atoms with E-state index in [1.54, 1.807) is 0 Å². The van der Waals surface area contributed by atoms with Gasteiger partial charge in [-0.05, 0) is 75.6 Å². The second-order valence-electron chi connectivity index (χ2n) is 13.2. The fourth-order valence-electron chi connectivity index (χ4n) is 7.63. The third kappa shape index (κ3) is 4.46. The highest BCUT2D eigenvalue weighted by atomic mass is 16.3. The van der Waals surface area contributed by atoms with Crippen molar-refractivity contribution >= 4 is 65.4 Å². The number of rotatable bonds is 4. The molecule has 0 saturated carbocycles. The van der Waals surface area contributed by atoms with E-state index in [9.17, 15) is 0 Å². The van der Waals surface area contributed by atoms with E-state index in [2.05, 4.69) is 84.9 Å². The lowest BCUT2D eigenvalue weighted by molar-refractivity contribution is 0.669. The summed E-state index contributed by atoms with van der Waals surface area (Å²) in [4.78, 5) is 15.4. The summed E-state index contributed by atoms with van der Waals surface area (Å²) in [7, 11) is 0. The fourth-order valence-corrected chi connectivity index (χ4v) is 7.63. The molecule has 0 spiro atoms. The van der Waals surface area contributed by atoms with Crippen LogP contribution in [-0.4, -0.2) is 15.0 Å². The highest BCUT2D eigenvalue weighted by molar-refractivity contribution is 6.16. The standard InChI is InChI=1S/C47H27N3O2/c1-2-11-29(12-3-1)45-48-46(32-21-25-42-39(27-32)36-14-6-8-16-40(36)51-42)50-47(49-45)38-24-23-35(44-43(38)37-15-7-9-17-41(37)52-44)31-20-22-34-30(26-31)19-18-28-10-4-5-13-33(28)34/h1-27H. The zero-order chi connectivity index (χ0) is 34.2. The van der Waals surface area contributed by atoms with E-state index in [1.165, 1.54) is 21.5 Å². The molecule has 11 aromatic rings. The summed E-state index contributed by atoms with van der Waals surface area (Å²) in [5, 5.41) is 8.95. The van der Waals surface area contributed by atoms with Crippen LogP contribution in [0, 0.1) is 0 Å². The van der Waals surface area contributed by atoms with E-state index in [1.807, 2.05) is 78.9 Å². The Kier molecular flexibility index (Phi) is 6.18. The molecule has 0 atom stereocenters. The molecule has 8 aromatic carbocycles. The highest BCUT2D eigenvalue weighted by Gasteiger charge is 2.21. The van der Waals surface area contributed by atoms with Gasteiger partial charge in [0, 0.05) is 43.8 Å². The van der Waals surface area contributed by atoms with Gasteiger partial charge in [-0.1, -0.05) is 115 Å². The molecule has 0 N–H and O–H groups in total. The summed E-state index contributed by atoms with van der Waals surface area (Å²) < 4.78 is 12.8. The van der Waals surface area contributed by atoms with Crippen molar-refractivity contribution in [3.05, 3.63) is 164 Å². The zero-order valence-corrected chi connectivity index (χ0v) is 27.7. The lowest BCUT2D eigenvalue weighted by Crippen LogP contribution is -2.00. The smallest absolute Gasteiger partial charge is 0.164 e. The van der Waals surface area contributed by atoms with Gasteiger partial charge in [-0.15, -0.1) is 0 Å². The Morgan fingerprint density at radius 2 is 0.942 bits per heavy atom. The van der Waals surface area contributed by atoms with Crippen LogP contribution in [0.2, 0.25) is 0 Å². The third-order valence-electron chi connectivity index (χ3n) is 10.1. The highest BCUT2D eigenvalue weighted by Crippen LogP contribution is 2.42. The molecule has 0 aliphatic carbocycles. The molecule has 0 aliphatic heterocycles. The maximum Gasteiger partial charge on any atom is 0.164 e. The van der Waals surface area contributed by atoms with Crippen LogP contribution in [0.4, 0.5) is 0 Å². The Morgan fingerprint density at radius 1 is 0.327 bits per heavy atom. The number of hydrogen-bond acceptors (Lipinski definition) is 5. The summed E-state index contributed by atoms with van der Waals surface area (Å²) in [6.07, 6.45) is 0. The van der Waals surface area contributed by atoms with Crippen molar-refractivity contribution in [2.75, 3.05) is 0 Å². The number of benzene rings is 8. The van der Waals surface area contributed by atoms with E-state index < -0.39 is 0 Å². The first kappa shape index (κ1) is 28.7. The van der Waals surface area contributed by atoms with Gasteiger partial charge in [0.2, 0.25) is 0 Å². The molecule has 0 saturated heterocycles. The van der Waals surface area contributed by atoms with Gasteiger partial charge in [0.25, 0.3) is 0 Å². The van der Waals surface area contributed by atoms with Crippen molar-refractivity contribution in [1.29, 1.82) is 0 Å². The van der Waals surface area contributed by atoms with Crippen molar-refractivity contribution in [3.63, 3.8) is 0 Å². The quantitative estimate of drug-likeness (QED) is 0.175. The number of nitrogens with zero attached hydrogens (tertiary/aromatic N) is 3. The molecule has 242 valence electrons. The molecule has 3 aromatic heterocycles. The molecule has 5 nitrogen and oxygen atoms in total. The molecule has 0 unspecified atom stereocenters. The summed E-state index contributed by atoms with van der Waals surface area (Å²) in [6, 6.07) is 56.4. The molecule has 52 heavy (non-hydrogen) atoms. The van der Waals surface area contributed by atoms with Crippen LogP contribution in [-0.2, 0) is 0 Å². The van der Waals surface area contributed by atoms with Crippen molar-refractivity contribution in [2.45, 2.75) is 0 Å². The Morgan fingerprint density at radius 3 is 1.81 bits per heavy atom. The van der Waals surface area contributed by atoms with Gasteiger partial charge in [0.15, 0.2) is 17.5 Å². The Labute approximate surface area is 297 Å². The van der Waals surface area contributed by atoms with Gasteiger partial charge < -0.3 is 8.83 Å². The Bertz CT molecular complexity index is 3190. The summed E-state index contributed by atoms with van der Waals surface area (Å²) >= 11 is 0. The topological polar surface area (TPSA) is 65.0 Å². The maximum atomic E-state index is 6.71. The Balaban J connectivity index is 1.14. The van der Waals surface area contributed by atoms with Crippen LogP contribution in [0.1, 0.15) is 0 Å². The molecule has 0 amide bonds. The molecule has 0 fully saturated rings. The third-order valence-corrected chi connectivity index (χ3v) is 10.1. The van der Waals surface area contributed by atoms with Crippen LogP contribution in [0.15, 0.2) is 173 Å². The summed E-state index contributed by atoms with van der Waals surface area (Å²) in [5.74, 6) is 1.77. The number of para-hydroxylation sites is 2. The first-order valence-electron chi connectivity index (χ1n) is 17.3. The predicted molar refractivity (Wildman–Crippen MR) is 211 cm³/mol. The van der Waals surface area contributed by atoms with Crippen molar-refractivity contribution in [1.82, 2.24) is 15.0 Å². The van der Waals surface area contributed by atoms with E-state index in [0.29, 0.717) is 17.5 Å². The second-order valence-corrected chi connectivity index (χ2v) is 13.2. The number of hydrogen-bond donors (Lipinski definition) is 0. The average molecular weight is 666 g/mol. The van der Waals surface area contributed by atoms with Gasteiger partial charge in [0.1, 0.15) is 22.3 Å². The van der Waals surface area contributed by atoms with Crippen LogP contribution in [0.5, 0.6) is 0 Å². The van der Waals surface area contributed by atoms with Gasteiger partial charge in [-0.25, -0.2) is 15.0 Å². The van der Waals surface area contributed by atoms with Crippen LogP contribution in [0.25, 0.3) is 111 Å². The molecule has 0 aliphatic rings. The minimum absolute atomic E-state index is 0.578. The molecular formula is C47H27N3O2. The summed E-state index contributed by atoms with van der Waals surface area (Å²) in [5.41, 5.74) is 8.06. The van der Waals surface area contributed by atoms with E-state index in [-0.39, 0.29) is 0 Å². The zero-order valence-electron chi connectivity index (χ0n) is 27.7. The van der Waals surface area contributed by atoms with Gasteiger partial charge in [0.05, 0.1) is 0 Å². The molecule has 11 rings (SSSR count). The lowest BCUT2D eigenvalue weighted by atomic mass is 9.95. The minimum Gasteiger partial charge on any atom is -0.456 e. The lowest BCUT2D eigenvalue weighted by Gasteiger charge is -2.11. The SMILES string of the molecule is c1ccc(-c2nc(-c3ccc4oc5ccccc5c4c3)nc(-c3ccc(-c4ccc5c(ccc6ccccc65)c4)c4oc5ccccc5c34)n2)cc1. The molecule has 5 heteroatoms. The van der Waals surface area contributed by atoms with E-state index in [0.717, 1.165) is 71.7 Å². The maximum absolute atomic E-state index is 6.71. The van der Waals surface area contributed by atoms with Gasteiger partial charge in [-0.3, -0.25) is 0 Å². The van der Waals surface area contributed by atoms with Gasteiger partial charge >= 0.3 is 0 Å². The fraction of sp³-hybridized carbons (Fsp3) is 0. The molecule has 0 radical (unpaired) electrons. The molecule has 0 bridgehead atoms. The van der Waals surface area contributed by atoms with Crippen molar-refractivity contribution in [3.8, 4) is 45.3 Å². The minimum atomic E-state index is 0.578. The number of fused-ring (bicyclic) bond motifs is 9. The van der Waals surface area contributed by atoms with Crippen LogP contribution >= 0.6 is 0 Å². The summed E-state index contributed by atoms with van der Waals surface area (Å²) in [6.45, 7) is 0. The normalized spacial score (nSPS) is 11.8. The van der Waals surface area contributed by atoms with Gasteiger partial charge in [-0.2, -0.15) is 0 Å². The number of aromatic nitrogens is 3. The van der Waals surface area contributed by atoms with E-state index in [4.69, 9.17) is 23.8 Å². The monoisotopic (exact) mass is 665 g/mol. The first-order valence-corrected chi connectivity index (χ1v) is 17.3. The van der Waals surface area contributed by atoms with Crippen molar-refractivity contribution < 1.29 is 8.83 Å². The van der Waals surface area contributed by atoms with E-state index >= 15 is 0 Å². The average Bonchev–Trinajstić information content (AvgIpc) is 3.79. The van der Waals surface area contributed by atoms with Crippen LogP contribution in [0.3, 0.4) is 0 Å². The second kappa shape index (κ2) is 11.2. The predicted octanol–water partition coefficient (Wildman–Crippen LogP) is 12.6. The Hall–Kier alpha value is -7.11. The van der Waals surface area contributed by atoms with Crippen molar-refractivity contribution in [2.24, 2.45) is 0 Å². The largest absolute Gasteiger partial charge is 0.456 e. The molecule has 3 heterocycles. The molecular weight excluding hydrogens is 639 g/mol. The number of furan rings is 2. The first-order chi connectivity index (χ1) is 25.7. The van der Waals surface area contributed by atoms with Crippen LogP contribution < -0.4 is 0 Å².